The molecule has 3 aromatic carbocycles. The monoisotopic (exact) mass is 376 g/mol. The molecule has 2 aliphatic rings. The van der Waals surface area contributed by atoms with E-state index in [4.69, 9.17) is 0 Å². The molecule has 0 spiro atoms. The van der Waals surface area contributed by atoms with E-state index in [1.54, 1.807) is 0 Å². The molecule has 1 heteroatoms. The molecule has 4 aromatic rings. The second-order valence-electron chi connectivity index (χ2n) is 7.73. The highest BCUT2D eigenvalue weighted by atomic mass is 32.1. The Bertz CT molecular complexity index is 1240. The largest absolute Gasteiger partial charge is 0.144 e. The van der Waals surface area contributed by atoms with E-state index in [-0.39, 0.29) is 5.41 Å². The minimum Gasteiger partial charge on any atom is -0.144 e. The van der Waals surface area contributed by atoms with E-state index in [0.717, 1.165) is 6.42 Å². The summed E-state index contributed by atoms with van der Waals surface area (Å²) < 4.78 is 1.38. The molecule has 0 saturated heterocycles. The van der Waals surface area contributed by atoms with Crippen LogP contribution in [0.4, 0.5) is 0 Å². The van der Waals surface area contributed by atoms with Crippen molar-refractivity contribution < 1.29 is 0 Å². The Hall–Kier alpha value is -2.90. The van der Waals surface area contributed by atoms with Gasteiger partial charge in [-0.1, -0.05) is 78.9 Å². The van der Waals surface area contributed by atoms with Gasteiger partial charge in [-0.05, 0) is 69.1 Å². The van der Waals surface area contributed by atoms with Crippen LogP contribution in [-0.4, -0.2) is 0 Å². The molecular formula is C27H20S. The van der Waals surface area contributed by atoms with E-state index in [9.17, 15) is 0 Å². The van der Waals surface area contributed by atoms with E-state index < -0.39 is 0 Å². The van der Waals surface area contributed by atoms with Crippen LogP contribution in [0.5, 0.6) is 0 Å². The predicted octanol–water partition coefficient (Wildman–Crippen LogP) is 7.35. The molecule has 0 aliphatic heterocycles. The summed E-state index contributed by atoms with van der Waals surface area (Å²) in [6, 6.07) is 27.3. The van der Waals surface area contributed by atoms with Gasteiger partial charge in [0.1, 0.15) is 0 Å². The molecule has 2 unspecified atom stereocenters. The van der Waals surface area contributed by atoms with Crippen molar-refractivity contribution in [2.75, 3.05) is 0 Å². The molecule has 1 heterocycles. The normalized spacial score (nSPS) is 22.4. The van der Waals surface area contributed by atoms with Crippen LogP contribution < -0.4 is 0 Å². The van der Waals surface area contributed by atoms with Crippen molar-refractivity contribution in [3.8, 4) is 11.1 Å². The zero-order valence-corrected chi connectivity index (χ0v) is 16.3. The number of allylic oxidation sites excluding steroid dienone is 4. The third-order valence-corrected chi connectivity index (χ3v) is 7.31. The minimum absolute atomic E-state index is 0.146. The fraction of sp³-hybridized carbons (Fsp3) is 0.111. The van der Waals surface area contributed by atoms with Gasteiger partial charge >= 0.3 is 0 Å². The highest BCUT2D eigenvalue weighted by Crippen LogP contribution is 2.58. The molecule has 2 aliphatic carbocycles. The van der Waals surface area contributed by atoms with Gasteiger partial charge in [0.25, 0.3) is 0 Å². The maximum atomic E-state index is 2.47. The van der Waals surface area contributed by atoms with Crippen LogP contribution >= 0.6 is 11.3 Å². The van der Waals surface area contributed by atoms with Crippen molar-refractivity contribution in [2.45, 2.75) is 11.8 Å². The lowest BCUT2D eigenvalue weighted by molar-refractivity contribution is 0.458. The summed E-state index contributed by atoms with van der Waals surface area (Å²) in [5, 5.41) is 3.56. The lowest BCUT2D eigenvalue weighted by Gasteiger charge is -2.39. The van der Waals surface area contributed by atoms with Crippen LogP contribution in [0.25, 0.3) is 21.2 Å². The number of benzene rings is 3. The lowest BCUT2D eigenvalue weighted by atomic mass is 9.62. The molecule has 0 radical (unpaired) electrons. The summed E-state index contributed by atoms with van der Waals surface area (Å²) in [5.41, 5.74) is 6.93. The topological polar surface area (TPSA) is 0 Å². The molecule has 0 nitrogen and oxygen atoms in total. The SMILES string of the molecule is C1=CCC(C2(c3ccccc3)c3ccccc3-c3cc4ccsc4cc32)C=C1. The summed E-state index contributed by atoms with van der Waals surface area (Å²) in [4.78, 5) is 0. The number of rotatable bonds is 2. The number of thiophene rings is 1. The molecular weight excluding hydrogens is 356 g/mol. The third-order valence-electron chi connectivity index (χ3n) is 6.43. The van der Waals surface area contributed by atoms with Crippen LogP contribution in [0.15, 0.2) is 102 Å². The van der Waals surface area contributed by atoms with Gasteiger partial charge in [-0.2, -0.15) is 0 Å². The predicted molar refractivity (Wildman–Crippen MR) is 120 cm³/mol. The van der Waals surface area contributed by atoms with Gasteiger partial charge in [0.05, 0.1) is 5.41 Å². The van der Waals surface area contributed by atoms with Gasteiger partial charge in [-0.25, -0.2) is 0 Å². The summed E-state index contributed by atoms with van der Waals surface area (Å²) in [5.74, 6) is 0.403. The van der Waals surface area contributed by atoms with Gasteiger partial charge < -0.3 is 0 Å². The van der Waals surface area contributed by atoms with Crippen molar-refractivity contribution in [3.63, 3.8) is 0 Å². The van der Waals surface area contributed by atoms with Crippen molar-refractivity contribution in [1.29, 1.82) is 0 Å². The molecule has 0 N–H and O–H groups in total. The van der Waals surface area contributed by atoms with Crippen molar-refractivity contribution >= 4 is 21.4 Å². The Balaban J connectivity index is 1.78. The molecule has 0 bridgehead atoms. The first kappa shape index (κ1) is 16.1. The minimum atomic E-state index is -0.146. The maximum Gasteiger partial charge on any atom is 0.0529 e. The van der Waals surface area contributed by atoms with Gasteiger partial charge in [0.2, 0.25) is 0 Å². The highest BCUT2D eigenvalue weighted by Gasteiger charge is 2.49. The molecule has 134 valence electrons. The first-order chi connectivity index (χ1) is 13.9. The van der Waals surface area contributed by atoms with Gasteiger partial charge in [0, 0.05) is 4.70 Å². The van der Waals surface area contributed by atoms with Crippen LogP contribution in [0.1, 0.15) is 23.1 Å². The van der Waals surface area contributed by atoms with Crippen LogP contribution in [0.2, 0.25) is 0 Å². The third kappa shape index (κ3) is 2.05. The first-order valence-electron chi connectivity index (χ1n) is 9.89. The number of hydrogen-bond acceptors (Lipinski definition) is 1. The molecule has 2 atom stereocenters. The molecule has 0 amide bonds. The molecule has 1 aromatic heterocycles. The first-order valence-corrected chi connectivity index (χ1v) is 10.8. The van der Waals surface area contributed by atoms with E-state index in [0.29, 0.717) is 5.92 Å². The van der Waals surface area contributed by atoms with Gasteiger partial charge in [-0.15, -0.1) is 11.3 Å². The molecule has 0 fully saturated rings. The van der Waals surface area contributed by atoms with Crippen LogP contribution in [0.3, 0.4) is 0 Å². The van der Waals surface area contributed by atoms with E-state index >= 15 is 0 Å². The fourth-order valence-electron chi connectivity index (χ4n) is 5.29. The second kappa shape index (κ2) is 6.05. The average molecular weight is 377 g/mol. The number of fused-ring (bicyclic) bond motifs is 4. The second-order valence-corrected chi connectivity index (χ2v) is 8.68. The summed E-state index contributed by atoms with van der Waals surface area (Å²) in [6.07, 6.45) is 10.2. The highest BCUT2D eigenvalue weighted by molar-refractivity contribution is 7.17. The van der Waals surface area contributed by atoms with Crippen molar-refractivity contribution in [3.05, 3.63) is 119 Å². The number of hydrogen-bond donors (Lipinski definition) is 0. The summed E-state index contributed by atoms with van der Waals surface area (Å²) in [7, 11) is 0. The Labute approximate surface area is 169 Å². The van der Waals surface area contributed by atoms with Crippen molar-refractivity contribution in [2.24, 2.45) is 5.92 Å². The smallest absolute Gasteiger partial charge is 0.0529 e. The molecule has 28 heavy (non-hydrogen) atoms. The van der Waals surface area contributed by atoms with Gasteiger partial charge in [-0.3, -0.25) is 0 Å². The van der Waals surface area contributed by atoms with Crippen LogP contribution in [-0.2, 0) is 5.41 Å². The fourth-order valence-corrected chi connectivity index (χ4v) is 6.10. The van der Waals surface area contributed by atoms with Gasteiger partial charge in [0.15, 0.2) is 0 Å². The molecule has 6 rings (SSSR count). The Morgan fingerprint density at radius 2 is 1.64 bits per heavy atom. The quantitative estimate of drug-likeness (QED) is 0.343. The van der Waals surface area contributed by atoms with Crippen LogP contribution in [0, 0.1) is 5.92 Å². The standard InChI is InChI=1S/C27H20S/c1-3-9-20(10-4-1)27(21-11-5-2-6-12-21)24-14-8-7-13-22(24)23-17-19-15-16-28-26(19)18-25(23)27/h1-11,13-18,21H,12H2. The molecule has 0 saturated carbocycles. The maximum absolute atomic E-state index is 2.47. The summed E-state index contributed by atoms with van der Waals surface area (Å²) in [6.45, 7) is 0. The Kier molecular flexibility index (Phi) is 3.48. The average Bonchev–Trinajstić information content (AvgIpc) is 3.34. The zero-order valence-electron chi connectivity index (χ0n) is 15.5. The van der Waals surface area contributed by atoms with E-state index in [1.807, 2.05) is 11.3 Å². The Morgan fingerprint density at radius 3 is 2.50 bits per heavy atom. The van der Waals surface area contributed by atoms with E-state index in [2.05, 4.69) is 102 Å². The lowest BCUT2D eigenvalue weighted by Crippen LogP contribution is -2.35. The zero-order chi connectivity index (χ0) is 18.6. The van der Waals surface area contributed by atoms with Crippen molar-refractivity contribution in [1.82, 2.24) is 0 Å². The van der Waals surface area contributed by atoms with E-state index in [1.165, 1.54) is 37.9 Å². The summed E-state index contributed by atoms with van der Waals surface area (Å²) >= 11 is 1.84. The Morgan fingerprint density at radius 1 is 0.786 bits per heavy atom.